The average molecular weight is 244 g/mol. The third-order valence-corrected chi connectivity index (χ3v) is 2.78. The van der Waals surface area contributed by atoms with Crippen molar-refractivity contribution in [2.75, 3.05) is 6.54 Å². The number of thiocarbonyl (C=S) groups is 1. The lowest BCUT2D eigenvalue weighted by Crippen LogP contribution is -2.38. The van der Waals surface area contributed by atoms with Gasteiger partial charge in [-0.15, -0.1) is 0 Å². The van der Waals surface area contributed by atoms with Crippen LogP contribution in [0.1, 0.15) is 46.5 Å². The highest BCUT2D eigenvalue weighted by Gasteiger charge is 2.19. The van der Waals surface area contributed by atoms with E-state index < -0.39 is 0 Å². The van der Waals surface area contributed by atoms with Gasteiger partial charge in [-0.2, -0.15) is 0 Å². The molecule has 0 radical (unpaired) electrons. The average Bonchev–Trinajstić information content (AvgIpc) is 2.19. The summed E-state index contributed by atoms with van der Waals surface area (Å²) < 4.78 is 0. The monoisotopic (exact) mass is 244 g/mol. The molecular weight excluding hydrogens is 220 g/mol. The van der Waals surface area contributed by atoms with Crippen molar-refractivity contribution in [2.45, 2.75) is 46.5 Å². The summed E-state index contributed by atoms with van der Waals surface area (Å²) in [4.78, 5) is 12.0. The molecular formula is C12H24N2OS. The van der Waals surface area contributed by atoms with E-state index >= 15 is 0 Å². The maximum absolute atomic E-state index is 11.7. The van der Waals surface area contributed by atoms with E-state index in [0.717, 1.165) is 32.2 Å². The number of hydrogen-bond donors (Lipinski definition) is 2. The first-order chi connectivity index (χ1) is 7.49. The van der Waals surface area contributed by atoms with Gasteiger partial charge in [0.05, 0.1) is 10.9 Å². The number of carbonyl (C=O) groups excluding carboxylic acids is 1. The molecule has 4 heteroatoms. The van der Waals surface area contributed by atoms with Crippen molar-refractivity contribution < 1.29 is 4.79 Å². The fourth-order valence-electron chi connectivity index (χ4n) is 1.54. The SMILES string of the molecule is CCCC(C(=O)NCCCC(C)C)C(N)=S. The third kappa shape index (κ3) is 6.77. The predicted molar refractivity (Wildman–Crippen MR) is 72.3 cm³/mol. The molecule has 0 saturated heterocycles. The van der Waals surface area contributed by atoms with Crippen LogP contribution < -0.4 is 11.1 Å². The molecule has 3 N–H and O–H groups in total. The standard InChI is InChI=1S/C12H24N2OS/c1-4-6-10(11(13)16)12(15)14-8-5-7-9(2)3/h9-10H,4-8H2,1-3H3,(H2,13,16)(H,14,15). The smallest absolute Gasteiger partial charge is 0.229 e. The van der Waals surface area contributed by atoms with E-state index in [1.54, 1.807) is 0 Å². The molecule has 0 rings (SSSR count). The van der Waals surface area contributed by atoms with E-state index in [2.05, 4.69) is 19.2 Å². The number of carbonyl (C=O) groups is 1. The zero-order chi connectivity index (χ0) is 12.6. The zero-order valence-electron chi connectivity index (χ0n) is 10.6. The Bertz CT molecular complexity index is 229. The van der Waals surface area contributed by atoms with Gasteiger partial charge in [0.1, 0.15) is 0 Å². The van der Waals surface area contributed by atoms with E-state index in [4.69, 9.17) is 18.0 Å². The second kappa shape index (κ2) is 8.50. The van der Waals surface area contributed by atoms with Crippen LogP contribution in [0.4, 0.5) is 0 Å². The molecule has 0 spiro atoms. The highest BCUT2D eigenvalue weighted by Crippen LogP contribution is 2.07. The lowest BCUT2D eigenvalue weighted by Gasteiger charge is -2.14. The molecule has 1 unspecified atom stereocenters. The van der Waals surface area contributed by atoms with Crippen molar-refractivity contribution in [1.82, 2.24) is 5.32 Å². The second-order valence-corrected chi connectivity index (χ2v) is 5.04. The number of nitrogens with one attached hydrogen (secondary N) is 1. The van der Waals surface area contributed by atoms with E-state index in [1.165, 1.54) is 0 Å². The van der Waals surface area contributed by atoms with Crippen molar-refractivity contribution in [2.24, 2.45) is 17.6 Å². The summed E-state index contributed by atoms with van der Waals surface area (Å²) in [7, 11) is 0. The van der Waals surface area contributed by atoms with Crippen LogP contribution in [0, 0.1) is 11.8 Å². The van der Waals surface area contributed by atoms with Crippen LogP contribution in [0.15, 0.2) is 0 Å². The molecule has 3 nitrogen and oxygen atoms in total. The first-order valence-electron chi connectivity index (χ1n) is 6.06. The van der Waals surface area contributed by atoms with Gasteiger partial charge < -0.3 is 11.1 Å². The first kappa shape index (κ1) is 15.4. The van der Waals surface area contributed by atoms with E-state index in [9.17, 15) is 4.79 Å². The van der Waals surface area contributed by atoms with Crippen LogP contribution in [-0.4, -0.2) is 17.4 Å². The molecule has 16 heavy (non-hydrogen) atoms. The summed E-state index contributed by atoms with van der Waals surface area (Å²) in [6.07, 6.45) is 3.80. The Labute approximate surface area is 104 Å². The number of amides is 1. The minimum Gasteiger partial charge on any atom is -0.393 e. The van der Waals surface area contributed by atoms with Crippen LogP contribution in [0.25, 0.3) is 0 Å². The van der Waals surface area contributed by atoms with Crippen LogP contribution in [0.2, 0.25) is 0 Å². The summed E-state index contributed by atoms with van der Waals surface area (Å²) >= 11 is 4.90. The molecule has 1 amide bonds. The topological polar surface area (TPSA) is 55.1 Å². The molecule has 0 bridgehead atoms. The van der Waals surface area contributed by atoms with Gasteiger partial charge in [0.15, 0.2) is 0 Å². The second-order valence-electron chi connectivity index (χ2n) is 4.57. The Hall–Kier alpha value is -0.640. The van der Waals surface area contributed by atoms with Gasteiger partial charge in [0, 0.05) is 6.54 Å². The Morgan fingerprint density at radius 2 is 2.00 bits per heavy atom. The van der Waals surface area contributed by atoms with E-state index in [1.807, 2.05) is 6.92 Å². The molecule has 0 aromatic carbocycles. The number of hydrogen-bond acceptors (Lipinski definition) is 2. The van der Waals surface area contributed by atoms with Gasteiger partial charge in [-0.1, -0.05) is 39.4 Å². The molecule has 0 aromatic rings. The van der Waals surface area contributed by atoms with Crippen LogP contribution in [0.3, 0.4) is 0 Å². The lowest BCUT2D eigenvalue weighted by atomic mass is 10.0. The molecule has 0 saturated carbocycles. The highest BCUT2D eigenvalue weighted by atomic mass is 32.1. The van der Waals surface area contributed by atoms with Gasteiger partial charge in [-0.05, 0) is 25.2 Å². The molecule has 0 heterocycles. The Morgan fingerprint density at radius 3 is 2.44 bits per heavy atom. The Kier molecular flexibility index (Phi) is 8.16. The van der Waals surface area contributed by atoms with Crippen molar-refractivity contribution in [3.63, 3.8) is 0 Å². The Balaban J connectivity index is 3.88. The first-order valence-corrected chi connectivity index (χ1v) is 6.46. The fraction of sp³-hybridized carbons (Fsp3) is 0.833. The summed E-state index contributed by atoms with van der Waals surface area (Å²) in [5.41, 5.74) is 5.55. The minimum absolute atomic E-state index is 0.0156. The fourth-order valence-corrected chi connectivity index (χ4v) is 1.76. The number of rotatable bonds is 8. The van der Waals surface area contributed by atoms with Crippen LogP contribution >= 0.6 is 12.2 Å². The summed E-state index contributed by atoms with van der Waals surface area (Å²) in [6.45, 7) is 7.10. The highest BCUT2D eigenvalue weighted by molar-refractivity contribution is 7.80. The molecule has 1 atom stereocenters. The van der Waals surface area contributed by atoms with Crippen molar-refractivity contribution in [3.05, 3.63) is 0 Å². The van der Waals surface area contributed by atoms with Crippen molar-refractivity contribution in [1.29, 1.82) is 0 Å². The van der Waals surface area contributed by atoms with Gasteiger partial charge in [-0.3, -0.25) is 4.79 Å². The quantitative estimate of drug-likeness (QED) is 0.508. The summed E-state index contributed by atoms with van der Waals surface area (Å²) in [5, 5.41) is 2.90. The molecule has 94 valence electrons. The Morgan fingerprint density at radius 1 is 1.38 bits per heavy atom. The van der Waals surface area contributed by atoms with E-state index in [0.29, 0.717) is 10.9 Å². The van der Waals surface area contributed by atoms with Gasteiger partial charge >= 0.3 is 0 Å². The molecule has 0 aliphatic heterocycles. The van der Waals surface area contributed by atoms with Gasteiger partial charge in [0.25, 0.3) is 0 Å². The predicted octanol–water partition coefficient (Wildman–Crippen LogP) is 2.24. The third-order valence-electron chi connectivity index (χ3n) is 2.49. The van der Waals surface area contributed by atoms with Crippen molar-refractivity contribution >= 4 is 23.1 Å². The maximum atomic E-state index is 11.7. The normalized spacial score (nSPS) is 12.5. The van der Waals surface area contributed by atoms with Crippen LogP contribution in [-0.2, 0) is 4.79 Å². The molecule has 0 fully saturated rings. The van der Waals surface area contributed by atoms with Gasteiger partial charge in [-0.25, -0.2) is 0 Å². The molecule has 0 aromatic heterocycles. The van der Waals surface area contributed by atoms with Crippen LogP contribution in [0.5, 0.6) is 0 Å². The maximum Gasteiger partial charge on any atom is 0.229 e. The number of nitrogens with two attached hydrogens (primary N) is 1. The molecule has 0 aliphatic rings. The minimum atomic E-state index is -0.293. The molecule has 0 aliphatic carbocycles. The van der Waals surface area contributed by atoms with E-state index in [-0.39, 0.29) is 11.8 Å². The summed E-state index contributed by atoms with van der Waals surface area (Å²) in [6, 6.07) is 0. The van der Waals surface area contributed by atoms with Crippen molar-refractivity contribution in [3.8, 4) is 0 Å². The lowest BCUT2D eigenvalue weighted by molar-refractivity contribution is -0.123. The largest absolute Gasteiger partial charge is 0.393 e. The van der Waals surface area contributed by atoms with Gasteiger partial charge in [0.2, 0.25) is 5.91 Å². The zero-order valence-corrected chi connectivity index (χ0v) is 11.4. The summed E-state index contributed by atoms with van der Waals surface area (Å²) in [5.74, 6) is 0.371.